The van der Waals surface area contributed by atoms with E-state index in [0.717, 1.165) is 21.6 Å². The first-order valence-corrected chi connectivity index (χ1v) is 10.8. The van der Waals surface area contributed by atoms with Gasteiger partial charge in [-0.25, -0.2) is 0 Å². The number of rotatable bonds is 6. The Hall–Kier alpha value is -1.50. The van der Waals surface area contributed by atoms with Gasteiger partial charge in [0.2, 0.25) is 0 Å². The molecule has 1 amide bonds. The lowest BCUT2D eigenvalue weighted by Gasteiger charge is -2.28. The van der Waals surface area contributed by atoms with Crippen molar-refractivity contribution in [1.82, 2.24) is 10.2 Å². The van der Waals surface area contributed by atoms with E-state index >= 15 is 0 Å². The first-order valence-electron chi connectivity index (χ1n) is 9.78. The second-order valence-corrected chi connectivity index (χ2v) is 10.3. The number of hydrogen-bond acceptors (Lipinski definition) is 5. The largest absolute Gasteiger partial charge is 0.507 e. The zero-order valence-electron chi connectivity index (χ0n) is 17.9. The first-order chi connectivity index (χ1) is 12.9. The van der Waals surface area contributed by atoms with Gasteiger partial charge in [-0.2, -0.15) is 0 Å². The zero-order valence-corrected chi connectivity index (χ0v) is 18.7. The number of aromatic hydroxyl groups is 1. The molecule has 1 saturated heterocycles. The number of aliphatic hydroxyl groups is 1. The van der Waals surface area contributed by atoms with Crippen LogP contribution in [0.5, 0.6) is 5.75 Å². The average molecular weight is 407 g/mol. The van der Waals surface area contributed by atoms with Gasteiger partial charge in [0, 0.05) is 30.8 Å². The van der Waals surface area contributed by atoms with Crippen LogP contribution in [0.1, 0.15) is 58.2 Å². The zero-order chi connectivity index (χ0) is 21.1. The van der Waals surface area contributed by atoms with Gasteiger partial charge >= 0.3 is 0 Å². The smallest absolute Gasteiger partial charge is 0.261 e. The third-order valence-electron chi connectivity index (χ3n) is 4.77. The molecule has 0 aliphatic carbocycles. The highest BCUT2D eigenvalue weighted by molar-refractivity contribution is 8.04. The molecule has 0 atom stereocenters. The highest BCUT2D eigenvalue weighted by Gasteiger charge is 2.29. The van der Waals surface area contributed by atoms with Crippen molar-refractivity contribution in [3.8, 4) is 5.75 Å². The number of hydrogen-bond donors (Lipinski definition) is 3. The number of carbonyl (C=O) groups excluding carboxylic acids is 1. The van der Waals surface area contributed by atoms with Crippen molar-refractivity contribution < 1.29 is 15.0 Å². The van der Waals surface area contributed by atoms with Crippen molar-refractivity contribution in [2.24, 2.45) is 0 Å². The van der Waals surface area contributed by atoms with E-state index in [-0.39, 0.29) is 23.3 Å². The van der Waals surface area contributed by atoms with Crippen LogP contribution in [0, 0.1) is 0 Å². The van der Waals surface area contributed by atoms with E-state index in [4.69, 9.17) is 5.11 Å². The topological polar surface area (TPSA) is 72.8 Å². The number of phenols is 1. The van der Waals surface area contributed by atoms with Crippen molar-refractivity contribution in [1.29, 1.82) is 0 Å². The summed E-state index contributed by atoms with van der Waals surface area (Å²) < 4.78 is 0. The minimum Gasteiger partial charge on any atom is -0.507 e. The van der Waals surface area contributed by atoms with E-state index in [1.165, 1.54) is 0 Å². The average Bonchev–Trinajstić information content (AvgIpc) is 2.91. The second-order valence-electron chi connectivity index (χ2n) is 9.29. The molecule has 1 aromatic carbocycles. The summed E-state index contributed by atoms with van der Waals surface area (Å²) in [7, 11) is 0. The van der Waals surface area contributed by atoms with Gasteiger partial charge in [0.05, 0.1) is 17.4 Å². The normalized spacial score (nSPS) is 17.0. The van der Waals surface area contributed by atoms with E-state index in [1.54, 1.807) is 11.8 Å². The predicted octanol–water partition coefficient (Wildman–Crippen LogP) is 3.44. The van der Waals surface area contributed by atoms with E-state index in [9.17, 15) is 9.90 Å². The van der Waals surface area contributed by atoms with Crippen LogP contribution < -0.4 is 5.32 Å². The van der Waals surface area contributed by atoms with Crippen LogP contribution >= 0.6 is 11.8 Å². The van der Waals surface area contributed by atoms with Gasteiger partial charge in [-0.1, -0.05) is 53.3 Å². The minimum absolute atomic E-state index is 0.0403. The number of carbonyl (C=O) groups is 1. The summed E-state index contributed by atoms with van der Waals surface area (Å²) in [6, 6.07) is 3.99. The van der Waals surface area contributed by atoms with Crippen LogP contribution in [0.3, 0.4) is 0 Å². The van der Waals surface area contributed by atoms with Crippen LogP contribution in [0.2, 0.25) is 0 Å². The molecule has 28 heavy (non-hydrogen) atoms. The van der Waals surface area contributed by atoms with Crippen LogP contribution in [0.4, 0.5) is 0 Å². The first kappa shape index (κ1) is 22.8. The fraction of sp³-hybridized carbons (Fsp3) is 0.591. The van der Waals surface area contributed by atoms with E-state index in [1.807, 2.05) is 23.1 Å². The van der Waals surface area contributed by atoms with E-state index in [2.05, 4.69) is 46.9 Å². The summed E-state index contributed by atoms with van der Waals surface area (Å²) >= 11 is 1.55. The molecule has 0 aromatic heterocycles. The number of phenolic OH excluding ortho intramolecular Hbond substituents is 1. The molecule has 0 radical (unpaired) electrons. The summed E-state index contributed by atoms with van der Waals surface area (Å²) in [5.41, 5.74) is 2.34. The molecule has 0 unspecified atom stereocenters. The Labute approximate surface area is 173 Å². The quantitative estimate of drug-likeness (QED) is 0.499. The molecule has 1 fully saturated rings. The monoisotopic (exact) mass is 406 g/mol. The number of nitrogens with zero attached hydrogens (tertiary/aromatic N) is 1. The number of nitrogens with one attached hydrogen (secondary N) is 1. The summed E-state index contributed by atoms with van der Waals surface area (Å²) in [6.45, 7) is 14.4. The fourth-order valence-corrected chi connectivity index (χ4v) is 4.16. The van der Waals surface area contributed by atoms with Gasteiger partial charge in [0.1, 0.15) is 5.75 Å². The second kappa shape index (κ2) is 8.89. The third-order valence-corrected chi connectivity index (χ3v) is 5.81. The third kappa shape index (κ3) is 5.52. The molecule has 2 rings (SSSR count). The molecular formula is C22H34N2O3S. The van der Waals surface area contributed by atoms with Crippen LogP contribution in [-0.4, -0.2) is 53.1 Å². The summed E-state index contributed by atoms with van der Waals surface area (Å²) in [5.74, 6) is 1.03. The van der Waals surface area contributed by atoms with Gasteiger partial charge in [-0.3, -0.25) is 4.79 Å². The molecule has 3 N–H and O–H groups in total. The highest BCUT2D eigenvalue weighted by atomic mass is 32.2. The van der Waals surface area contributed by atoms with Crippen LogP contribution in [0.15, 0.2) is 17.0 Å². The number of amides is 1. The van der Waals surface area contributed by atoms with Crippen molar-refractivity contribution in [2.45, 2.75) is 52.4 Å². The van der Waals surface area contributed by atoms with Gasteiger partial charge < -0.3 is 20.4 Å². The molecule has 1 aliphatic heterocycles. The van der Waals surface area contributed by atoms with Gasteiger partial charge in [0.15, 0.2) is 0 Å². The number of benzene rings is 1. The minimum atomic E-state index is -0.199. The Bertz CT molecular complexity index is 710. The van der Waals surface area contributed by atoms with Crippen molar-refractivity contribution in [3.63, 3.8) is 0 Å². The molecule has 6 heteroatoms. The Kier molecular flexibility index (Phi) is 7.23. The highest BCUT2D eigenvalue weighted by Crippen LogP contribution is 2.41. The molecule has 1 heterocycles. The van der Waals surface area contributed by atoms with Crippen molar-refractivity contribution in [2.75, 3.05) is 32.1 Å². The van der Waals surface area contributed by atoms with E-state index < -0.39 is 0 Å². The Morgan fingerprint density at radius 1 is 1.11 bits per heavy atom. The van der Waals surface area contributed by atoms with Gasteiger partial charge in [-0.15, -0.1) is 0 Å². The molecule has 1 aliphatic rings. The Morgan fingerprint density at radius 2 is 1.68 bits per heavy atom. The van der Waals surface area contributed by atoms with Gasteiger partial charge in [0.25, 0.3) is 5.91 Å². The summed E-state index contributed by atoms with van der Waals surface area (Å²) in [4.78, 5) is 15.3. The Balaban J connectivity index is 2.31. The van der Waals surface area contributed by atoms with Crippen LogP contribution in [0.25, 0.3) is 6.08 Å². The lowest BCUT2D eigenvalue weighted by molar-refractivity contribution is -0.124. The molecule has 0 saturated carbocycles. The molecular weight excluding hydrogens is 372 g/mol. The van der Waals surface area contributed by atoms with Crippen molar-refractivity contribution >= 4 is 23.7 Å². The maximum Gasteiger partial charge on any atom is 0.261 e. The molecule has 0 spiro atoms. The summed E-state index contributed by atoms with van der Waals surface area (Å²) in [6.07, 6.45) is 1.94. The predicted molar refractivity (Wildman–Crippen MR) is 118 cm³/mol. The standard InChI is InChI=1S/C22H34N2O3S/c1-21(2,3)16-11-15(12-17(19(16)26)22(4,5)6)13-18-20(27)24(14-28-18)9-7-23-8-10-25/h11-13,23,25-26H,7-10,14H2,1-6H3. The Morgan fingerprint density at radius 3 is 2.18 bits per heavy atom. The van der Waals surface area contributed by atoms with Crippen molar-refractivity contribution in [3.05, 3.63) is 33.7 Å². The number of aliphatic hydroxyl groups excluding tert-OH is 1. The molecule has 5 nitrogen and oxygen atoms in total. The fourth-order valence-electron chi connectivity index (χ4n) is 3.15. The SMILES string of the molecule is CC(C)(C)c1cc(C=C2SCN(CCNCCO)C2=O)cc(C(C)(C)C)c1O. The van der Waals surface area contributed by atoms with E-state index in [0.29, 0.717) is 31.3 Å². The molecule has 156 valence electrons. The lowest BCUT2D eigenvalue weighted by atomic mass is 9.78. The summed E-state index contributed by atoms with van der Waals surface area (Å²) in [5, 5.41) is 22.8. The number of thioether (sulfide) groups is 1. The maximum atomic E-state index is 12.7. The maximum absolute atomic E-state index is 12.7. The molecule has 0 bridgehead atoms. The van der Waals surface area contributed by atoms with Gasteiger partial charge in [-0.05, 0) is 34.6 Å². The lowest BCUT2D eigenvalue weighted by Crippen LogP contribution is -2.34. The molecule has 1 aromatic rings. The van der Waals surface area contributed by atoms with Crippen LogP contribution in [-0.2, 0) is 15.6 Å².